The molecule has 0 bridgehead atoms. The van der Waals surface area contributed by atoms with Crippen LogP contribution in [0.3, 0.4) is 0 Å². The number of nitrogens with one attached hydrogen (secondary N) is 3. The second kappa shape index (κ2) is 9.14. The maximum atomic E-state index is 11.9. The van der Waals surface area contributed by atoms with E-state index in [9.17, 15) is 9.59 Å². The van der Waals surface area contributed by atoms with Crippen molar-refractivity contribution in [2.45, 2.75) is 19.3 Å². The number of fused-ring (bicyclic) bond motifs is 1. The summed E-state index contributed by atoms with van der Waals surface area (Å²) in [7, 11) is 0. The summed E-state index contributed by atoms with van der Waals surface area (Å²) >= 11 is 3.34. The summed E-state index contributed by atoms with van der Waals surface area (Å²) in [6, 6.07) is 15.2. The van der Waals surface area contributed by atoms with Crippen LogP contribution in [-0.4, -0.2) is 23.0 Å². The van der Waals surface area contributed by atoms with Gasteiger partial charge in [0.05, 0.1) is 6.21 Å². The highest BCUT2D eigenvalue weighted by atomic mass is 79.9. The molecule has 0 spiro atoms. The van der Waals surface area contributed by atoms with Crippen LogP contribution in [0.5, 0.6) is 0 Å². The quantitative estimate of drug-likeness (QED) is 0.390. The van der Waals surface area contributed by atoms with Crippen molar-refractivity contribution >= 4 is 50.5 Å². The lowest BCUT2D eigenvalue weighted by Gasteiger charge is -2.05. The van der Waals surface area contributed by atoms with Crippen LogP contribution in [0.2, 0.25) is 0 Å². The van der Waals surface area contributed by atoms with Crippen molar-refractivity contribution < 1.29 is 9.59 Å². The third-order valence-electron chi connectivity index (χ3n) is 3.95. The highest BCUT2D eigenvalue weighted by Gasteiger charge is 2.06. The molecule has 0 saturated heterocycles. The molecule has 27 heavy (non-hydrogen) atoms. The van der Waals surface area contributed by atoms with Crippen LogP contribution in [0, 0.1) is 0 Å². The van der Waals surface area contributed by atoms with Gasteiger partial charge >= 0.3 is 0 Å². The topological polar surface area (TPSA) is 86.3 Å². The average Bonchev–Trinajstić information content (AvgIpc) is 3.07. The Morgan fingerprint density at radius 1 is 1.04 bits per heavy atom. The average molecular weight is 427 g/mol. The van der Waals surface area contributed by atoms with Crippen molar-refractivity contribution in [3.05, 3.63) is 64.8 Å². The first-order valence-corrected chi connectivity index (χ1v) is 9.34. The lowest BCUT2D eigenvalue weighted by molar-refractivity contribution is -0.121. The summed E-state index contributed by atoms with van der Waals surface area (Å²) in [4.78, 5) is 26.9. The number of rotatable bonds is 7. The molecule has 1 aromatic heterocycles. The summed E-state index contributed by atoms with van der Waals surface area (Å²) in [6.45, 7) is 0. The zero-order valence-electron chi connectivity index (χ0n) is 14.5. The van der Waals surface area contributed by atoms with Crippen molar-refractivity contribution in [1.29, 1.82) is 0 Å². The minimum atomic E-state index is -0.220. The van der Waals surface area contributed by atoms with Gasteiger partial charge in [-0.3, -0.25) is 9.59 Å². The number of aromatic amines is 1. The maximum Gasteiger partial charge on any atom is 0.240 e. The summed E-state index contributed by atoms with van der Waals surface area (Å²) < 4.78 is 0.949. The van der Waals surface area contributed by atoms with E-state index in [2.05, 4.69) is 36.8 Å². The van der Waals surface area contributed by atoms with Gasteiger partial charge in [0.15, 0.2) is 0 Å². The van der Waals surface area contributed by atoms with Crippen molar-refractivity contribution in [3.8, 4) is 0 Å². The van der Waals surface area contributed by atoms with E-state index in [0.29, 0.717) is 6.42 Å². The molecular formula is C20H19BrN4O2. The minimum Gasteiger partial charge on any atom is -0.361 e. The number of nitrogens with zero attached hydrogens (tertiary/aromatic N) is 1. The number of benzene rings is 2. The number of amides is 2. The molecule has 3 N–H and O–H groups in total. The van der Waals surface area contributed by atoms with Crippen molar-refractivity contribution in [2.24, 2.45) is 5.10 Å². The molecule has 1 heterocycles. The number of aromatic nitrogens is 1. The first-order valence-electron chi connectivity index (χ1n) is 8.55. The number of hydrazone groups is 1. The van der Waals surface area contributed by atoms with Gasteiger partial charge < -0.3 is 10.3 Å². The summed E-state index contributed by atoms with van der Waals surface area (Å²) in [5.74, 6) is -0.338. The Morgan fingerprint density at radius 2 is 1.78 bits per heavy atom. The molecule has 0 fully saturated rings. The summed E-state index contributed by atoms with van der Waals surface area (Å²) in [5.41, 5.74) is 5.15. The molecule has 0 aliphatic carbocycles. The summed E-state index contributed by atoms with van der Waals surface area (Å²) in [5, 5.41) is 7.83. The Labute approximate surface area is 165 Å². The molecule has 0 aliphatic heterocycles. The van der Waals surface area contributed by atoms with E-state index in [-0.39, 0.29) is 24.7 Å². The number of para-hydroxylation sites is 1. The zero-order valence-corrected chi connectivity index (χ0v) is 16.1. The van der Waals surface area contributed by atoms with Crippen LogP contribution in [0.1, 0.15) is 24.8 Å². The number of hydrogen-bond acceptors (Lipinski definition) is 3. The highest BCUT2D eigenvalue weighted by Crippen LogP contribution is 2.16. The number of carbonyl (C=O) groups is 2. The standard InChI is InChI=1S/C20H19BrN4O2/c21-15-8-10-16(11-9-15)24-19(26)6-3-7-20(27)25-23-13-14-12-22-18-5-2-1-4-17(14)18/h1-2,4-5,8-13,22H,3,6-7H2,(H,24,26)(H,25,27)/b23-13+. The monoisotopic (exact) mass is 426 g/mol. The van der Waals surface area contributed by atoms with E-state index in [0.717, 1.165) is 26.6 Å². The molecule has 3 rings (SSSR count). The van der Waals surface area contributed by atoms with Gasteiger partial charge in [-0.1, -0.05) is 34.1 Å². The predicted molar refractivity (Wildman–Crippen MR) is 111 cm³/mol. The molecular weight excluding hydrogens is 408 g/mol. The van der Waals surface area contributed by atoms with Gasteiger partial charge in [0.1, 0.15) is 0 Å². The van der Waals surface area contributed by atoms with Crippen LogP contribution in [0.25, 0.3) is 10.9 Å². The third kappa shape index (κ3) is 5.52. The Kier molecular flexibility index (Phi) is 6.38. The van der Waals surface area contributed by atoms with Crippen molar-refractivity contribution in [1.82, 2.24) is 10.4 Å². The van der Waals surface area contributed by atoms with Gasteiger partial charge in [0.2, 0.25) is 11.8 Å². The maximum absolute atomic E-state index is 11.9. The molecule has 7 heteroatoms. The lowest BCUT2D eigenvalue weighted by atomic mass is 10.2. The molecule has 0 aliphatic rings. The fourth-order valence-corrected chi connectivity index (χ4v) is 2.86. The molecule has 6 nitrogen and oxygen atoms in total. The molecule has 0 radical (unpaired) electrons. The van der Waals surface area contributed by atoms with E-state index in [4.69, 9.17) is 0 Å². The Bertz CT molecular complexity index is 964. The third-order valence-corrected chi connectivity index (χ3v) is 4.48. The fraction of sp³-hybridized carbons (Fsp3) is 0.150. The second-order valence-corrected chi connectivity index (χ2v) is 6.91. The van der Waals surface area contributed by atoms with Crippen molar-refractivity contribution in [3.63, 3.8) is 0 Å². The normalized spacial score (nSPS) is 11.0. The van der Waals surface area contributed by atoms with Crippen LogP contribution in [-0.2, 0) is 9.59 Å². The van der Waals surface area contributed by atoms with E-state index >= 15 is 0 Å². The van der Waals surface area contributed by atoms with E-state index in [1.165, 1.54) is 0 Å². The molecule has 0 atom stereocenters. The number of hydrogen-bond donors (Lipinski definition) is 3. The Hall–Kier alpha value is -2.93. The molecule has 3 aromatic rings. The number of H-pyrrole nitrogens is 1. The lowest BCUT2D eigenvalue weighted by Crippen LogP contribution is -2.18. The number of carbonyl (C=O) groups excluding carboxylic acids is 2. The predicted octanol–water partition coefficient (Wildman–Crippen LogP) is 4.19. The Morgan fingerprint density at radius 3 is 2.59 bits per heavy atom. The van der Waals surface area contributed by atoms with Gasteiger partial charge in [-0.15, -0.1) is 0 Å². The van der Waals surface area contributed by atoms with Gasteiger partial charge in [0.25, 0.3) is 0 Å². The minimum absolute atomic E-state index is 0.118. The second-order valence-electron chi connectivity index (χ2n) is 5.99. The first-order chi connectivity index (χ1) is 13.1. The van der Waals surface area contributed by atoms with Crippen molar-refractivity contribution in [2.75, 3.05) is 5.32 Å². The van der Waals surface area contributed by atoms with Crippen LogP contribution < -0.4 is 10.7 Å². The Balaban J connectivity index is 1.39. The van der Waals surface area contributed by atoms with Crippen LogP contribution in [0.4, 0.5) is 5.69 Å². The number of halogens is 1. The molecule has 2 aromatic carbocycles. The van der Waals surface area contributed by atoms with E-state index in [1.807, 2.05) is 54.7 Å². The zero-order chi connectivity index (χ0) is 19.1. The largest absolute Gasteiger partial charge is 0.361 e. The molecule has 138 valence electrons. The molecule has 0 unspecified atom stereocenters. The molecule has 0 saturated carbocycles. The molecule has 2 amide bonds. The van der Waals surface area contributed by atoms with Gasteiger partial charge in [-0.25, -0.2) is 5.43 Å². The number of anilines is 1. The van der Waals surface area contributed by atoms with Crippen LogP contribution >= 0.6 is 15.9 Å². The van der Waals surface area contributed by atoms with E-state index in [1.54, 1.807) is 6.21 Å². The van der Waals surface area contributed by atoms with Gasteiger partial charge in [-0.2, -0.15) is 5.10 Å². The fourth-order valence-electron chi connectivity index (χ4n) is 2.60. The smallest absolute Gasteiger partial charge is 0.240 e. The van der Waals surface area contributed by atoms with Crippen LogP contribution in [0.15, 0.2) is 64.3 Å². The summed E-state index contributed by atoms with van der Waals surface area (Å²) in [6.07, 6.45) is 4.41. The SMILES string of the molecule is O=C(CCCC(=O)Nc1ccc(Br)cc1)N/N=C/c1c[nH]c2ccccc12. The van der Waals surface area contributed by atoms with E-state index < -0.39 is 0 Å². The van der Waals surface area contributed by atoms with Gasteiger partial charge in [0, 0.05) is 45.7 Å². The van der Waals surface area contributed by atoms with Gasteiger partial charge in [-0.05, 0) is 36.8 Å². The first kappa shape index (κ1) is 18.8. The highest BCUT2D eigenvalue weighted by molar-refractivity contribution is 9.10.